The van der Waals surface area contributed by atoms with Gasteiger partial charge in [0.1, 0.15) is 5.82 Å². The van der Waals surface area contributed by atoms with Crippen LogP contribution < -0.4 is 10.2 Å². The first-order valence-electron chi connectivity index (χ1n) is 6.45. The van der Waals surface area contributed by atoms with Gasteiger partial charge in [-0.25, -0.2) is 4.39 Å². The standard InChI is InChI=1S/C14H21FN2O/c1-16-10-11-3-6-14(13(15)9-11)17(7-8-18-2)12-4-5-12/h3,6,9,12,16H,4-5,7-8,10H2,1-2H3. The number of benzene rings is 1. The van der Waals surface area contributed by atoms with Crippen LogP contribution in [0.15, 0.2) is 18.2 Å². The summed E-state index contributed by atoms with van der Waals surface area (Å²) in [6.45, 7) is 2.08. The molecule has 0 aromatic heterocycles. The number of hydrogen-bond acceptors (Lipinski definition) is 3. The van der Waals surface area contributed by atoms with Crippen LogP contribution in [0.3, 0.4) is 0 Å². The summed E-state index contributed by atoms with van der Waals surface area (Å²) in [5.41, 5.74) is 1.68. The lowest BCUT2D eigenvalue weighted by Crippen LogP contribution is -2.30. The molecule has 1 aromatic carbocycles. The first-order valence-corrected chi connectivity index (χ1v) is 6.45. The van der Waals surface area contributed by atoms with Crippen LogP contribution in [0.2, 0.25) is 0 Å². The monoisotopic (exact) mass is 252 g/mol. The highest BCUT2D eigenvalue weighted by Crippen LogP contribution is 2.33. The van der Waals surface area contributed by atoms with E-state index < -0.39 is 0 Å². The van der Waals surface area contributed by atoms with Gasteiger partial charge in [0.15, 0.2) is 0 Å². The minimum Gasteiger partial charge on any atom is -0.383 e. The van der Waals surface area contributed by atoms with E-state index in [4.69, 9.17) is 4.74 Å². The molecule has 0 amide bonds. The average molecular weight is 252 g/mol. The zero-order valence-electron chi connectivity index (χ0n) is 11.1. The van der Waals surface area contributed by atoms with Gasteiger partial charge in [-0.2, -0.15) is 0 Å². The average Bonchev–Trinajstić information content (AvgIpc) is 3.17. The van der Waals surface area contributed by atoms with Crippen LogP contribution in [-0.4, -0.2) is 33.4 Å². The molecule has 0 spiro atoms. The van der Waals surface area contributed by atoms with Gasteiger partial charge in [0.05, 0.1) is 12.3 Å². The van der Waals surface area contributed by atoms with Crippen molar-refractivity contribution in [1.29, 1.82) is 0 Å². The van der Waals surface area contributed by atoms with Crippen LogP contribution in [0.4, 0.5) is 10.1 Å². The largest absolute Gasteiger partial charge is 0.383 e. The summed E-state index contributed by atoms with van der Waals surface area (Å²) in [5, 5.41) is 3.03. The number of anilines is 1. The van der Waals surface area contributed by atoms with E-state index in [1.807, 2.05) is 19.2 Å². The molecule has 18 heavy (non-hydrogen) atoms. The predicted molar refractivity (Wildman–Crippen MR) is 71.4 cm³/mol. The fourth-order valence-electron chi connectivity index (χ4n) is 2.17. The Morgan fingerprint density at radius 3 is 2.78 bits per heavy atom. The summed E-state index contributed by atoms with van der Waals surface area (Å²) in [6.07, 6.45) is 2.31. The molecule has 0 bridgehead atoms. The molecule has 0 heterocycles. The molecule has 1 fully saturated rings. The van der Waals surface area contributed by atoms with Crippen molar-refractivity contribution < 1.29 is 9.13 Å². The summed E-state index contributed by atoms with van der Waals surface area (Å²) in [6, 6.07) is 5.98. The van der Waals surface area contributed by atoms with Crippen molar-refractivity contribution in [3.8, 4) is 0 Å². The molecule has 0 aliphatic heterocycles. The maximum Gasteiger partial charge on any atom is 0.146 e. The van der Waals surface area contributed by atoms with Gasteiger partial charge in [0, 0.05) is 26.2 Å². The third-order valence-corrected chi connectivity index (χ3v) is 3.23. The molecule has 0 saturated heterocycles. The van der Waals surface area contributed by atoms with Crippen molar-refractivity contribution in [3.63, 3.8) is 0 Å². The Morgan fingerprint density at radius 2 is 2.22 bits per heavy atom. The number of methoxy groups -OCH3 is 1. The number of ether oxygens (including phenoxy) is 1. The van der Waals surface area contributed by atoms with Crippen molar-refractivity contribution in [2.24, 2.45) is 0 Å². The Labute approximate surface area is 108 Å². The molecule has 1 aliphatic carbocycles. The van der Waals surface area contributed by atoms with E-state index in [1.54, 1.807) is 13.2 Å². The van der Waals surface area contributed by atoms with E-state index in [0.29, 0.717) is 24.9 Å². The smallest absolute Gasteiger partial charge is 0.146 e. The van der Waals surface area contributed by atoms with E-state index in [1.165, 1.54) is 0 Å². The van der Waals surface area contributed by atoms with E-state index in [0.717, 1.165) is 24.9 Å². The Bertz CT molecular complexity index is 393. The zero-order chi connectivity index (χ0) is 13.0. The van der Waals surface area contributed by atoms with Crippen molar-refractivity contribution in [2.45, 2.75) is 25.4 Å². The second-order valence-corrected chi connectivity index (χ2v) is 4.73. The van der Waals surface area contributed by atoms with Gasteiger partial charge < -0.3 is 15.0 Å². The van der Waals surface area contributed by atoms with Crippen LogP contribution in [0.1, 0.15) is 18.4 Å². The first-order chi connectivity index (χ1) is 8.76. The molecule has 1 aliphatic rings. The molecule has 4 heteroatoms. The molecule has 1 N–H and O–H groups in total. The number of nitrogens with one attached hydrogen (secondary N) is 1. The van der Waals surface area contributed by atoms with E-state index in [2.05, 4.69) is 10.2 Å². The maximum atomic E-state index is 14.1. The van der Waals surface area contributed by atoms with Crippen molar-refractivity contribution in [1.82, 2.24) is 5.32 Å². The minimum atomic E-state index is -0.134. The van der Waals surface area contributed by atoms with Crippen molar-refractivity contribution in [2.75, 3.05) is 32.2 Å². The molecule has 0 radical (unpaired) electrons. The lowest BCUT2D eigenvalue weighted by molar-refractivity contribution is 0.204. The summed E-state index contributed by atoms with van der Waals surface area (Å²) in [7, 11) is 3.54. The van der Waals surface area contributed by atoms with Gasteiger partial charge in [-0.3, -0.25) is 0 Å². The summed E-state index contributed by atoms with van der Waals surface area (Å²) >= 11 is 0. The van der Waals surface area contributed by atoms with Crippen molar-refractivity contribution >= 4 is 5.69 Å². The normalized spacial score (nSPS) is 14.8. The molecule has 0 unspecified atom stereocenters. The van der Waals surface area contributed by atoms with Gasteiger partial charge in [-0.1, -0.05) is 6.07 Å². The van der Waals surface area contributed by atoms with Gasteiger partial charge in [-0.15, -0.1) is 0 Å². The molecular weight excluding hydrogens is 231 g/mol. The molecular formula is C14H21FN2O. The number of hydrogen-bond donors (Lipinski definition) is 1. The Balaban J connectivity index is 2.13. The number of rotatable bonds is 7. The van der Waals surface area contributed by atoms with Gasteiger partial charge in [0.2, 0.25) is 0 Å². The predicted octanol–water partition coefficient (Wildman–Crippen LogP) is 2.16. The van der Waals surface area contributed by atoms with Gasteiger partial charge in [-0.05, 0) is 37.6 Å². The van der Waals surface area contributed by atoms with Crippen LogP contribution in [0.5, 0.6) is 0 Å². The fourth-order valence-corrected chi connectivity index (χ4v) is 2.17. The van der Waals surface area contributed by atoms with E-state index in [-0.39, 0.29) is 5.82 Å². The molecule has 1 aromatic rings. The Kier molecular flexibility index (Phi) is 4.55. The lowest BCUT2D eigenvalue weighted by Gasteiger charge is -2.25. The van der Waals surface area contributed by atoms with Crippen molar-refractivity contribution in [3.05, 3.63) is 29.6 Å². The maximum absolute atomic E-state index is 14.1. The summed E-state index contributed by atoms with van der Waals surface area (Å²) in [4.78, 5) is 2.13. The quantitative estimate of drug-likeness (QED) is 0.805. The van der Waals surface area contributed by atoms with E-state index in [9.17, 15) is 4.39 Å². The molecule has 100 valence electrons. The second-order valence-electron chi connectivity index (χ2n) is 4.73. The third-order valence-electron chi connectivity index (χ3n) is 3.23. The third kappa shape index (κ3) is 3.21. The Hall–Kier alpha value is -1.13. The second kappa shape index (κ2) is 6.16. The highest BCUT2D eigenvalue weighted by atomic mass is 19.1. The van der Waals surface area contributed by atoms with Gasteiger partial charge >= 0.3 is 0 Å². The fraction of sp³-hybridized carbons (Fsp3) is 0.571. The topological polar surface area (TPSA) is 24.5 Å². The van der Waals surface area contributed by atoms with E-state index >= 15 is 0 Å². The van der Waals surface area contributed by atoms with Crippen LogP contribution in [0.25, 0.3) is 0 Å². The summed E-state index contributed by atoms with van der Waals surface area (Å²) < 4.78 is 19.2. The highest BCUT2D eigenvalue weighted by molar-refractivity contribution is 5.51. The SMILES string of the molecule is CNCc1ccc(N(CCOC)C2CC2)c(F)c1. The summed E-state index contributed by atoms with van der Waals surface area (Å²) in [5.74, 6) is -0.134. The zero-order valence-corrected chi connectivity index (χ0v) is 11.1. The molecule has 0 atom stereocenters. The van der Waals surface area contributed by atoms with Crippen LogP contribution in [-0.2, 0) is 11.3 Å². The van der Waals surface area contributed by atoms with Gasteiger partial charge in [0.25, 0.3) is 0 Å². The highest BCUT2D eigenvalue weighted by Gasteiger charge is 2.30. The first kappa shape index (κ1) is 13.3. The minimum absolute atomic E-state index is 0.134. The van der Waals surface area contributed by atoms with Crippen LogP contribution >= 0.6 is 0 Å². The Morgan fingerprint density at radius 1 is 1.44 bits per heavy atom. The lowest BCUT2D eigenvalue weighted by atomic mass is 10.1. The number of halogens is 1. The molecule has 1 saturated carbocycles. The molecule has 3 nitrogen and oxygen atoms in total. The van der Waals surface area contributed by atoms with Crippen LogP contribution in [0, 0.1) is 5.82 Å². The number of nitrogens with zero attached hydrogens (tertiary/aromatic N) is 1. The molecule has 2 rings (SSSR count).